The zero-order valence-corrected chi connectivity index (χ0v) is 21.6. The predicted octanol–water partition coefficient (Wildman–Crippen LogP) is 5.15. The Bertz CT molecular complexity index is 1470. The van der Waals surface area contributed by atoms with E-state index in [9.17, 15) is 26.8 Å². The van der Waals surface area contributed by atoms with Crippen molar-refractivity contribution in [3.05, 3.63) is 58.5 Å². The number of imidazole rings is 1. The Kier molecular flexibility index (Phi) is 6.61. The molecule has 7 nitrogen and oxygen atoms in total. The minimum atomic E-state index is -3.37. The third-order valence-electron chi connectivity index (χ3n) is 6.71. The molecule has 0 amide bonds. The smallest absolute Gasteiger partial charge is 0.394 e. The van der Waals surface area contributed by atoms with E-state index in [0.717, 1.165) is 0 Å². The van der Waals surface area contributed by atoms with Crippen LogP contribution in [0.5, 0.6) is 5.75 Å². The lowest BCUT2D eigenvalue weighted by Gasteiger charge is -2.32. The van der Waals surface area contributed by atoms with Crippen LogP contribution in [-0.4, -0.2) is 40.9 Å². The summed E-state index contributed by atoms with van der Waals surface area (Å²) in [5, 5.41) is 0. The number of benzene rings is 2. The highest BCUT2D eigenvalue weighted by Gasteiger charge is 2.35. The number of halogens is 2. The first-order valence-corrected chi connectivity index (χ1v) is 13.7. The number of alkyl halides is 2. The number of carbonyl (C=O) groups excluding carboxylic acids is 1. The van der Waals surface area contributed by atoms with Crippen molar-refractivity contribution in [3.63, 3.8) is 0 Å². The van der Waals surface area contributed by atoms with Gasteiger partial charge in [0.2, 0.25) is 0 Å². The first-order valence-electron chi connectivity index (χ1n) is 11.9. The van der Waals surface area contributed by atoms with E-state index in [1.54, 1.807) is 28.8 Å². The van der Waals surface area contributed by atoms with Crippen molar-refractivity contribution in [2.75, 3.05) is 11.5 Å². The Labute approximate surface area is 208 Å². The second kappa shape index (κ2) is 9.14. The van der Waals surface area contributed by atoms with Crippen molar-refractivity contribution in [1.29, 1.82) is 0 Å². The summed E-state index contributed by atoms with van der Waals surface area (Å²) in [6, 6.07) is 10.7. The molecule has 1 saturated heterocycles. The number of rotatable bonds is 7. The molecule has 0 atom stereocenters. The third-order valence-corrected chi connectivity index (χ3v) is 8.36. The molecule has 2 aromatic carbocycles. The van der Waals surface area contributed by atoms with Gasteiger partial charge in [0.05, 0.1) is 28.2 Å². The number of hydrogen-bond donors (Lipinski definition) is 0. The van der Waals surface area contributed by atoms with Gasteiger partial charge < -0.3 is 4.74 Å². The number of ether oxygens (including phenoxy) is 1. The zero-order valence-electron chi connectivity index (χ0n) is 20.8. The van der Waals surface area contributed by atoms with Gasteiger partial charge >= 0.3 is 11.8 Å². The lowest BCUT2D eigenvalue weighted by molar-refractivity contribution is -0.158. The van der Waals surface area contributed by atoms with Crippen LogP contribution in [0.4, 0.5) is 8.78 Å². The fourth-order valence-corrected chi connectivity index (χ4v) is 6.54. The molecule has 3 aromatic rings. The molecule has 1 aliphatic heterocycles. The van der Waals surface area contributed by atoms with Crippen LogP contribution in [0.1, 0.15) is 63.4 Å². The summed E-state index contributed by atoms with van der Waals surface area (Å²) >= 11 is 0. The lowest BCUT2D eigenvalue weighted by atomic mass is 9.78. The summed E-state index contributed by atoms with van der Waals surface area (Å²) in [6.07, 6.45) is -2.29. The van der Waals surface area contributed by atoms with Gasteiger partial charge in [0, 0.05) is 31.0 Å². The van der Waals surface area contributed by atoms with Gasteiger partial charge in [-0.05, 0) is 62.4 Å². The van der Waals surface area contributed by atoms with Crippen LogP contribution in [-0.2, 0) is 9.84 Å². The van der Waals surface area contributed by atoms with Gasteiger partial charge in [-0.3, -0.25) is 13.9 Å². The SMILES string of the molecule is CC(C)n1c(=O)n(-c2cccc(OC(C)(F)F)c2)c2ccc(C(=O)CC3(C)CCS(=O)(=O)CC3)cc21. The van der Waals surface area contributed by atoms with Crippen LogP contribution in [0.2, 0.25) is 0 Å². The number of nitrogens with zero attached hydrogens (tertiary/aromatic N) is 2. The lowest BCUT2D eigenvalue weighted by Crippen LogP contribution is -2.33. The Hall–Kier alpha value is -3.01. The van der Waals surface area contributed by atoms with E-state index in [0.29, 0.717) is 42.0 Å². The molecular formula is C26H30F2N2O5S. The Balaban J connectivity index is 1.74. The highest BCUT2D eigenvalue weighted by Crippen LogP contribution is 2.37. The number of carbonyl (C=O) groups is 1. The molecule has 1 aliphatic rings. The first kappa shape index (κ1) is 26.1. The molecule has 10 heteroatoms. The molecule has 1 aromatic heterocycles. The molecule has 2 heterocycles. The van der Waals surface area contributed by atoms with E-state index in [1.165, 1.54) is 22.8 Å². The van der Waals surface area contributed by atoms with Gasteiger partial charge in [-0.1, -0.05) is 13.0 Å². The highest BCUT2D eigenvalue weighted by molar-refractivity contribution is 7.91. The van der Waals surface area contributed by atoms with E-state index in [-0.39, 0.29) is 41.2 Å². The van der Waals surface area contributed by atoms with Crippen LogP contribution < -0.4 is 10.4 Å². The summed E-state index contributed by atoms with van der Waals surface area (Å²) in [5.41, 5.74) is 1.11. The van der Waals surface area contributed by atoms with Gasteiger partial charge in [-0.2, -0.15) is 8.78 Å². The topological polar surface area (TPSA) is 87.4 Å². The molecule has 0 unspecified atom stereocenters. The van der Waals surface area contributed by atoms with E-state index in [4.69, 9.17) is 0 Å². The maximum absolute atomic E-state index is 13.4. The largest absolute Gasteiger partial charge is 0.433 e. The van der Waals surface area contributed by atoms with Crippen LogP contribution in [0.25, 0.3) is 16.7 Å². The maximum atomic E-state index is 13.4. The van der Waals surface area contributed by atoms with Crippen molar-refractivity contribution in [1.82, 2.24) is 9.13 Å². The second-order valence-electron chi connectivity index (χ2n) is 10.3. The normalized spacial score (nSPS) is 17.4. The van der Waals surface area contributed by atoms with Crippen molar-refractivity contribution in [2.24, 2.45) is 5.41 Å². The van der Waals surface area contributed by atoms with Crippen LogP contribution in [0.15, 0.2) is 47.3 Å². The number of Topliss-reactive ketones (excluding diaryl/α,β-unsaturated/α-hetero) is 1. The molecule has 36 heavy (non-hydrogen) atoms. The molecule has 4 rings (SSSR count). The van der Waals surface area contributed by atoms with Crippen LogP contribution in [0.3, 0.4) is 0 Å². The third kappa shape index (κ3) is 5.38. The number of sulfone groups is 1. The number of hydrogen-bond acceptors (Lipinski definition) is 5. The van der Waals surface area contributed by atoms with Gasteiger partial charge in [0.1, 0.15) is 15.6 Å². The molecular weight excluding hydrogens is 490 g/mol. The molecule has 0 aliphatic carbocycles. The van der Waals surface area contributed by atoms with E-state index >= 15 is 0 Å². The molecule has 194 valence electrons. The van der Waals surface area contributed by atoms with Crippen molar-refractivity contribution in [2.45, 2.75) is 59.1 Å². The predicted molar refractivity (Wildman–Crippen MR) is 134 cm³/mol. The van der Waals surface area contributed by atoms with E-state index in [1.807, 2.05) is 20.8 Å². The quantitative estimate of drug-likeness (QED) is 0.402. The fraction of sp³-hybridized carbons (Fsp3) is 0.462. The van der Waals surface area contributed by atoms with E-state index < -0.39 is 21.4 Å². The summed E-state index contributed by atoms with van der Waals surface area (Å²) in [7, 11) is -3.04. The van der Waals surface area contributed by atoms with Gasteiger partial charge in [0.15, 0.2) is 5.78 Å². The minimum Gasteiger partial charge on any atom is -0.433 e. The zero-order chi connectivity index (χ0) is 26.5. The molecule has 0 N–H and O–H groups in total. The molecule has 0 spiro atoms. The second-order valence-corrected chi connectivity index (χ2v) is 12.6. The summed E-state index contributed by atoms with van der Waals surface area (Å²) < 4.78 is 58.0. The molecule has 1 fully saturated rings. The number of fused-ring (bicyclic) bond motifs is 1. The molecule has 0 bridgehead atoms. The average molecular weight is 521 g/mol. The maximum Gasteiger partial charge on any atom is 0.394 e. The molecule has 0 radical (unpaired) electrons. The Morgan fingerprint density at radius 3 is 2.39 bits per heavy atom. The molecule has 0 saturated carbocycles. The summed E-state index contributed by atoms with van der Waals surface area (Å²) in [4.78, 5) is 26.6. The monoisotopic (exact) mass is 520 g/mol. The van der Waals surface area contributed by atoms with Crippen molar-refractivity contribution in [3.8, 4) is 11.4 Å². The summed E-state index contributed by atoms with van der Waals surface area (Å²) in [5.74, 6) is -0.0296. The van der Waals surface area contributed by atoms with Gasteiger partial charge in [-0.25, -0.2) is 13.2 Å². The average Bonchev–Trinajstić information content (AvgIpc) is 3.06. The fourth-order valence-electron chi connectivity index (χ4n) is 4.73. The highest BCUT2D eigenvalue weighted by atomic mass is 32.2. The van der Waals surface area contributed by atoms with Crippen molar-refractivity contribution < 1.29 is 26.7 Å². The van der Waals surface area contributed by atoms with Crippen LogP contribution >= 0.6 is 0 Å². The van der Waals surface area contributed by atoms with E-state index in [2.05, 4.69) is 4.74 Å². The minimum absolute atomic E-state index is 0.0770. The van der Waals surface area contributed by atoms with Crippen molar-refractivity contribution >= 4 is 26.7 Å². The number of aromatic nitrogens is 2. The Morgan fingerprint density at radius 1 is 1.11 bits per heavy atom. The van der Waals surface area contributed by atoms with Gasteiger partial charge in [-0.15, -0.1) is 0 Å². The standard InChI is InChI=1S/C26H30F2N2O5S/c1-17(2)29-22-14-18(23(31)16-25(3)10-12-36(33,34)13-11-25)8-9-21(22)30(24(29)32)19-6-5-7-20(15-19)35-26(4,27)28/h5-9,14-15,17H,10-13,16H2,1-4H3. The summed E-state index contributed by atoms with van der Waals surface area (Å²) in [6.45, 7) is 6.27. The Morgan fingerprint density at radius 2 is 1.78 bits per heavy atom. The van der Waals surface area contributed by atoms with Gasteiger partial charge in [0.25, 0.3) is 0 Å². The number of ketones is 1. The first-order chi connectivity index (χ1) is 16.7. The van der Waals surface area contributed by atoms with Crippen LogP contribution in [0, 0.1) is 5.41 Å².